The molecule has 2 nitrogen and oxygen atoms in total. The Morgan fingerprint density at radius 3 is 2.43 bits per heavy atom. The molecule has 4 heteroatoms. The Morgan fingerprint density at radius 1 is 1.05 bits per heavy atom. The zero-order valence-electron chi connectivity index (χ0n) is 11.9. The second kappa shape index (κ2) is 7.29. The Bertz CT molecular complexity index is 574. The minimum Gasteiger partial charge on any atom is -0.395 e. The number of halogens is 2. The largest absolute Gasteiger partial charge is 0.395 e. The minimum atomic E-state index is -0.857. The van der Waals surface area contributed by atoms with E-state index in [-0.39, 0.29) is 24.3 Å². The normalized spacial score (nSPS) is 13.9. The first-order chi connectivity index (χ1) is 10.1. The highest BCUT2D eigenvalue weighted by Crippen LogP contribution is 2.19. The summed E-state index contributed by atoms with van der Waals surface area (Å²) in [5.74, 6) is -1.70. The lowest BCUT2D eigenvalue weighted by atomic mass is 10.0. The van der Waals surface area contributed by atoms with E-state index in [1.165, 1.54) is 6.07 Å². The first-order valence-electron chi connectivity index (χ1n) is 6.96. The Kier molecular flexibility index (Phi) is 5.42. The van der Waals surface area contributed by atoms with E-state index in [2.05, 4.69) is 5.32 Å². The summed E-state index contributed by atoms with van der Waals surface area (Å²) >= 11 is 0. The van der Waals surface area contributed by atoms with Crippen molar-refractivity contribution < 1.29 is 13.9 Å². The minimum absolute atomic E-state index is 0.0732. The lowest BCUT2D eigenvalue weighted by Gasteiger charge is -2.22. The van der Waals surface area contributed by atoms with Crippen LogP contribution in [0.3, 0.4) is 0 Å². The summed E-state index contributed by atoms with van der Waals surface area (Å²) in [7, 11) is 0. The summed E-state index contributed by atoms with van der Waals surface area (Å²) in [6, 6.07) is 13.2. The Balaban J connectivity index is 2.06. The van der Waals surface area contributed by atoms with Crippen LogP contribution in [-0.4, -0.2) is 17.8 Å². The van der Waals surface area contributed by atoms with Crippen LogP contribution < -0.4 is 5.32 Å². The number of hydrogen-bond donors (Lipinski definition) is 2. The summed E-state index contributed by atoms with van der Waals surface area (Å²) in [5, 5.41) is 12.6. The second-order valence-corrected chi connectivity index (χ2v) is 5.10. The zero-order chi connectivity index (χ0) is 15.2. The SMILES string of the molecule is CC(N[C@@H](CO)Cc1ccccc1)c1cccc(F)c1F. The molecular formula is C17H19F2NO. The summed E-state index contributed by atoms with van der Waals surface area (Å²) < 4.78 is 27.0. The molecule has 2 rings (SSSR count). The fraction of sp³-hybridized carbons (Fsp3) is 0.294. The van der Waals surface area contributed by atoms with Gasteiger partial charge in [0.25, 0.3) is 0 Å². The second-order valence-electron chi connectivity index (χ2n) is 5.10. The molecule has 2 atom stereocenters. The number of hydrogen-bond acceptors (Lipinski definition) is 2. The molecule has 2 aromatic carbocycles. The molecule has 21 heavy (non-hydrogen) atoms. The maximum Gasteiger partial charge on any atom is 0.163 e. The van der Waals surface area contributed by atoms with Crippen LogP contribution in [0.25, 0.3) is 0 Å². The summed E-state index contributed by atoms with van der Waals surface area (Å²) in [5.41, 5.74) is 1.34. The molecule has 0 aliphatic carbocycles. The van der Waals surface area contributed by atoms with Crippen molar-refractivity contribution in [1.29, 1.82) is 0 Å². The van der Waals surface area contributed by atoms with E-state index in [1.807, 2.05) is 30.3 Å². The maximum atomic E-state index is 13.8. The van der Waals surface area contributed by atoms with Crippen molar-refractivity contribution in [3.63, 3.8) is 0 Å². The van der Waals surface area contributed by atoms with Gasteiger partial charge in [0.05, 0.1) is 6.61 Å². The molecule has 0 aliphatic rings. The number of aliphatic hydroxyl groups excluding tert-OH is 1. The van der Waals surface area contributed by atoms with Gasteiger partial charge < -0.3 is 10.4 Å². The molecule has 0 heterocycles. The Labute approximate surface area is 123 Å². The third kappa shape index (κ3) is 4.09. The molecule has 0 fully saturated rings. The van der Waals surface area contributed by atoms with Crippen LogP contribution in [-0.2, 0) is 6.42 Å². The van der Waals surface area contributed by atoms with E-state index in [4.69, 9.17) is 0 Å². The van der Waals surface area contributed by atoms with Gasteiger partial charge in [0.2, 0.25) is 0 Å². The van der Waals surface area contributed by atoms with E-state index in [9.17, 15) is 13.9 Å². The lowest BCUT2D eigenvalue weighted by Crippen LogP contribution is -2.36. The van der Waals surface area contributed by atoms with Crippen LogP contribution in [0, 0.1) is 11.6 Å². The van der Waals surface area contributed by atoms with E-state index in [0.717, 1.165) is 11.6 Å². The maximum absolute atomic E-state index is 13.8. The first-order valence-corrected chi connectivity index (χ1v) is 6.96. The van der Waals surface area contributed by atoms with Crippen molar-refractivity contribution in [2.24, 2.45) is 0 Å². The summed E-state index contributed by atoms with van der Waals surface area (Å²) in [6.45, 7) is 1.68. The predicted octanol–water partition coefficient (Wildman–Crippen LogP) is 3.22. The average molecular weight is 291 g/mol. The summed E-state index contributed by atoms with van der Waals surface area (Å²) in [4.78, 5) is 0. The molecule has 0 spiro atoms. The van der Waals surface area contributed by atoms with Gasteiger partial charge in [-0.25, -0.2) is 8.78 Å². The molecule has 0 aliphatic heterocycles. The standard InChI is InChI=1S/C17H19F2NO/c1-12(15-8-5-9-16(18)17(15)19)20-14(11-21)10-13-6-3-2-4-7-13/h2-9,12,14,20-21H,10-11H2,1H3/t12?,14-/m1/s1. The highest BCUT2D eigenvalue weighted by Gasteiger charge is 2.17. The van der Waals surface area contributed by atoms with Gasteiger partial charge in [0.1, 0.15) is 0 Å². The predicted molar refractivity (Wildman–Crippen MR) is 78.9 cm³/mol. The van der Waals surface area contributed by atoms with E-state index in [0.29, 0.717) is 6.42 Å². The van der Waals surface area contributed by atoms with Crippen molar-refractivity contribution in [1.82, 2.24) is 5.32 Å². The van der Waals surface area contributed by atoms with Gasteiger partial charge in [-0.15, -0.1) is 0 Å². The number of rotatable bonds is 6. The van der Waals surface area contributed by atoms with E-state index < -0.39 is 11.6 Å². The number of benzene rings is 2. The van der Waals surface area contributed by atoms with Crippen LogP contribution in [0.5, 0.6) is 0 Å². The lowest BCUT2D eigenvalue weighted by molar-refractivity contribution is 0.231. The van der Waals surface area contributed by atoms with Gasteiger partial charge in [-0.1, -0.05) is 42.5 Å². The van der Waals surface area contributed by atoms with Crippen LogP contribution >= 0.6 is 0 Å². The smallest absolute Gasteiger partial charge is 0.163 e. The van der Waals surface area contributed by atoms with E-state index >= 15 is 0 Å². The third-order valence-corrected chi connectivity index (χ3v) is 3.48. The van der Waals surface area contributed by atoms with E-state index in [1.54, 1.807) is 13.0 Å². The van der Waals surface area contributed by atoms with Crippen LogP contribution in [0.2, 0.25) is 0 Å². The van der Waals surface area contributed by atoms with Gasteiger partial charge in [0, 0.05) is 17.6 Å². The zero-order valence-corrected chi connectivity index (χ0v) is 11.9. The highest BCUT2D eigenvalue weighted by atomic mass is 19.2. The van der Waals surface area contributed by atoms with Crippen LogP contribution in [0.15, 0.2) is 48.5 Å². The molecule has 112 valence electrons. The molecule has 2 aromatic rings. The van der Waals surface area contributed by atoms with Crippen molar-refractivity contribution >= 4 is 0 Å². The van der Waals surface area contributed by atoms with Gasteiger partial charge in [-0.2, -0.15) is 0 Å². The first kappa shape index (κ1) is 15.6. The molecule has 1 unspecified atom stereocenters. The fourth-order valence-electron chi connectivity index (χ4n) is 2.37. The quantitative estimate of drug-likeness (QED) is 0.856. The highest BCUT2D eigenvalue weighted by molar-refractivity contribution is 5.22. The van der Waals surface area contributed by atoms with Gasteiger partial charge in [-0.05, 0) is 25.0 Å². The van der Waals surface area contributed by atoms with Crippen LogP contribution in [0.1, 0.15) is 24.1 Å². The molecule has 0 saturated heterocycles. The van der Waals surface area contributed by atoms with Crippen molar-refractivity contribution in [2.45, 2.75) is 25.4 Å². The molecule has 0 radical (unpaired) electrons. The third-order valence-electron chi connectivity index (χ3n) is 3.48. The molecule has 2 N–H and O–H groups in total. The number of nitrogens with one attached hydrogen (secondary N) is 1. The molecule has 0 saturated carbocycles. The monoisotopic (exact) mass is 291 g/mol. The number of aliphatic hydroxyl groups is 1. The van der Waals surface area contributed by atoms with Gasteiger partial charge in [0.15, 0.2) is 11.6 Å². The van der Waals surface area contributed by atoms with Crippen molar-refractivity contribution in [3.05, 3.63) is 71.3 Å². The van der Waals surface area contributed by atoms with Crippen molar-refractivity contribution in [3.8, 4) is 0 Å². The summed E-state index contributed by atoms with van der Waals surface area (Å²) in [6.07, 6.45) is 0.624. The fourth-order valence-corrected chi connectivity index (χ4v) is 2.37. The average Bonchev–Trinajstić information content (AvgIpc) is 2.50. The molecule has 0 amide bonds. The topological polar surface area (TPSA) is 32.3 Å². The van der Waals surface area contributed by atoms with Crippen LogP contribution in [0.4, 0.5) is 8.78 Å². The molecule has 0 bridgehead atoms. The van der Waals surface area contributed by atoms with Crippen molar-refractivity contribution in [2.75, 3.05) is 6.61 Å². The Morgan fingerprint density at radius 2 is 1.76 bits per heavy atom. The molecular weight excluding hydrogens is 272 g/mol. The Hall–Kier alpha value is -1.78. The molecule has 0 aromatic heterocycles. The van der Waals surface area contributed by atoms with Gasteiger partial charge >= 0.3 is 0 Å². The van der Waals surface area contributed by atoms with Gasteiger partial charge in [-0.3, -0.25) is 0 Å².